The summed E-state index contributed by atoms with van der Waals surface area (Å²) in [5.41, 5.74) is 0. The maximum absolute atomic E-state index is 12.2. The molecule has 18 heavy (non-hydrogen) atoms. The third-order valence-electron chi connectivity index (χ3n) is 4.88. The van der Waals surface area contributed by atoms with Crippen molar-refractivity contribution in [1.29, 1.82) is 0 Å². The van der Waals surface area contributed by atoms with Gasteiger partial charge in [0.2, 0.25) is 5.91 Å². The fraction of sp³-hybridized carbons (Fsp3) is 0.933. The van der Waals surface area contributed by atoms with E-state index in [1.807, 2.05) is 0 Å². The van der Waals surface area contributed by atoms with Gasteiger partial charge in [-0.3, -0.25) is 4.79 Å². The summed E-state index contributed by atoms with van der Waals surface area (Å²) >= 11 is 0. The number of amides is 1. The summed E-state index contributed by atoms with van der Waals surface area (Å²) in [7, 11) is 0. The number of hydrogen-bond donors (Lipinski definition) is 2. The third kappa shape index (κ3) is 3.47. The Kier molecular flexibility index (Phi) is 4.66. The zero-order valence-electron chi connectivity index (χ0n) is 12.0. The Balaban J connectivity index is 1.80. The van der Waals surface area contributed by atoms with Gasteiger partial charge in [0.05, 0.1) is 6.04 Å². The van der Waals surface area contributed by atoms with Gasteiger partial charge in [0, 0.05) is 12.1 Å². The molecule has 2 rings (SSSR count). The predicted molar refractivity (Wildman–Crippen MR) is 74.3 cm³/mol. The third-order valence-corrected chi connectivity index (χ3v) is 4.88. The zero-order chi connectivity index (χ0) is 13.1. The Hall–Kier alpha value is -0.570. The lowest BCUT2D eigenvalue weighted by Gasteiger charge is -2.34. The van der Waals surface area contributed by atoms with Gasteiger partial charge in [0.25, 0.3) is 0 Å². The van der Waals surface area contributed by atoms with E-state index in [4.69, 9.17) is 0 Å². The van der Waals surface area contributed by atoms with E-state index >= 15 is 0 Å². The van der Waals surface area contributed by atoms with Crippen LogP contribution in [-0.2, 0) is 4.79 Å². The molecule has 104 valence electrons. The van der Waals surface area contributed by atoms with Crippen LogP contribution in [0, 0.1) is 11.8 Å². The molecule has 0 spiro atoms. The monoisotopic (exact) mass is 252 g/mol. The molecule has 1 aliphatic heterocycles. The molecule has 0 aromatic heterocycles. The Morgan fingerprint density at radius 3 is 2.50 bits per heavy atom. The van der Waals surface area contributed by atoms with E-state index in [2.05, 4.69) is 31.4 Å². The highest BCUT2D eigenvalue weighted by atomic mass is 16.2. The highest BCUT2D eigenvalue weighted by Crippen LogP contribution is 2.29. The number of rotatable bonds is 2. The van der Waals surface area contributed by atoms with Crippen LogP contribution >= 0.6 is 0 Å². The molecule has 3 heteroatoms. The summed E-state index contributed by atoms with van der Waals surface area (Å²) in [5, 5.41) is 6.67. The molecule has 1 saturated heterocycles. The number of nitrogens with one attached hydrogen (secondary N) is 2. The first kappa shape index (κ1) is 13.9. The van der Waals surface area contributed by atoms with E-state index in [0.29, 0.717) is 12.1 Å². The maximum atomic E-state index is 12.2. The summed E-state index contributed by atoms with van der Waals surface area (Å²) in [6.45, 7) is 6.81. The lowest BCUT2D eigenvalue weighted by molar-refractivity contribution is -0.125. The average Bonchev–Trinajstić information content (AvgIpc) is 2.34. The highest BCUT2D eigenvalue weighted by Gasteiger charge is 2.29. The number of hydrogen-bond acceptors (Lipinski definition) is 2. The second-order valence-corrected chi connectivity index (χ2v) is 6.52. The van der Waals surface area contributed by atoms with Gasteiger partial charge in [-0.05, 0) is 57.3 Å². The first-order chi connectivity index (χ1) is 8.56. The standard InChI is InChI=1S/C15H28N2O/c1-10-7-8-13(9-11(10)2)17-15(18)14-6-4-5-12(3)16-14/h10-14,16H,4-9H2,1-3H3,(H,17,18). The molecule has 2 aliphatic rings. The summed E-state index contributed by atoms with van der Waals surface area (Å²) in [4.78, 5) is 12.2. The molecule has 5 atom stereocenters. The van der Waals surface area contributed by atoms with Gasteiger partial charge in [0.15, 0.2) is 0 Å². The molecule has 2 fully saturated rings. The van der Waals surface area contributed by atoms with Crippen molar-refractivity contribution in [3.05, 3.63) is 0 Å². The smallest absolute Gasteiger partial charge is 0.237 e. The van der Waals surface area contributed by atoms with Gasteiger partial charge in [-0.2, -0.15) is 0 Å². The van der Waals surface area contributed by atoms with Gasteiger partial charge < -0.3 is 10.6 Å². The molecule has 1 amide bonds. The van der Waals surface area contributed by atoms with Crippen LogP contribution in [-0.4, -0.2) is 24.0 Å². The minimum Gasteiger partial charge on any atom is -0.352 e. The maximum Gasteiger partial charge on any atom is 0.237 e. The second kappa shape index (κ2) is 6.05. The van der Waals surface area contributed by atoms with Crippen LogP contribution < -0.4 is 10.6 Å². The topological polar surface area (TPSA) is 41.1 Å². The Morgan fingerprint density at radius 2 is 1.83 bits per heavy atom. The van der Waals surface area contributed by atoms with Gasteiger partial charge in [-0.25, -0.2) is 0 Å². The van der Waals surface area contributed by atoms with Crippen LogP contribution in [0.2, 0.25) is 0 Å². The molecule has 1 heterocycles. The normalized spacial score (nSPS) is 41.4. The molecule has 1 saturated carbocycles. The summed E-state index contributed by atoms with van der Waals surface area (Å²) < 4.78 is 0. The van der Waals surface area contributed by atoms with Crippen LogP contribution in [0.1, 0.15) is 59.3 Å². The minimum atomic E-state index is 0.0448. The van der Waals surface area contributed by atoms with Crippen LogP contribution in [0.15, 0.2) is 0 Å². The van der Waals surface area contributed by atoms with Gasteiger partial charge >= 0.3 is 0 Å². The Morgan fingerprint density at radius 1 is 1.06 bits per heavy atom. The highest BCUT2D eigenvalue weighted by molar-refractivity contribution is 5.82. The molecule has 2 N–H and O–H groups in total. The van der Waals surface area contributed by atoms with E-state index < -0.39 is 0 Å². The molecule has 0 aromatic carbocycles. The SMILES string of the molecule is CC1CCCC(C(=O)NC2CCC(C)C(C)C2)N1. The van der Waals surface area contributed by atoms with Gasteiger partial charge in [-0.15, -0.1) is 0 Å². The molecule has 5 unspecified atom stereocenters. The van der Waals surface area contributed by atoms with Crippen molar-refractivity contribution in [3.8, 4) is 0 Å². The average molecular weight is 252 g/mol. The van der Waals surface area contributed by atoms with Crippen LogP contribution in [0.3, 0.4) is 0 Å². The van der Waals surface area contributed by atoms with Crippen LogP contribution in [0.25, 0.3) is 0 Å². The molecular weight excluding hydrogens is 224 g/mol. The van der Waals surface area contributed by atoms with E-state index in [-0.39, 0.29) is 11.9 Å². The largest absolute Gasteiger partial charge is 0.352 e. The van der Waals surface area contributed by atoms with Gasteiger partial charge in [-0.1, -0.05) is 13.8 Å². The fourth-order valence-electron chi connectivity index (χ4n) is 3.33. The summed E-state index contributed by atoms with van der Waals surface area (Å²) in [5.74, 6) is 1.78. The van der Waals surface area contributed by atoms with Crippen molar-refractivity contribution < 1.29 is 4.79 Å². The molecule has 0 radical (unpaired) electrons. The molecule has 1 aliphatic carbocycles. The summed E-state index contributed by atoms with van der Waals surface area (Å²) in [6, 6.07) is 0.936. The molecule has 0 aromatic rings. The van der Waals surface area contributed by atoms with E-state index in [0.717, 1.165) is 31.1 Å². The van der Waals surface area contributed by atoms with Crippen molar-refractivity contribution in [2.45, 2.75) is 77.4 Å². The number of piperidine rings is 1. The lowest BCUT2D eigenvalue weighted by atomic mass is 9.79. The minimum absolute atomic E-state index is 0.0448. The Labute approximate surface area is 111 Å². The van der Waals surface area contributed by atoms with E-state index in [1.165, 1.54) is 19.3 Å². The van der Waals surface area contributed by atoms with Crippen LogP contribution in [0.5, 0.6) is 0 Å². The van der Waals surface area contributed by atoms with Crippen molar-refractivity contribution in [1.82, 2.24) is 10.6 Å². The van der Waals surface area contributed by atoms with E-state index in [1.54, 1.807) is 0 Å². The fourth-order valence-corrected chi connectivity index (χ4v) is 3.33. The number of carbonyl (C=O) groups is 1. The number of carbonyl (C=O) groups excluding carboxylic acids is 1. The quantitative estimate of drug-likeness (QED) is 0.792. The lowest BCUT2D eigenvalue weighted by Crippen LogP contribution is -2.53. The predicted octanol–water partition coefficient (Wildman–Crippen LogP) is 2.46. The summed E-state index contributed by atoms with van der Waals surface area (Å²) in [6.07, 6.45) is 6.91. The zero-order valence-corrected chi connectivity index (χ0v) is 12.0. The van der Waals surface area contributed by atoms with Crippen molar-refractivity contribution in [3.63, 3.8) is 0 Å². The van der Waals surface area contributed by atoms with Crippen molar-refractivity contribution in [2.75, 3.05) is 0 Å². The van der Waals surface area contributed by atoms with E-state index in [9.17, 15) is 4.79 Å². The van der Waals surface area contributed by atoms with Gasteiger partial charge in [0.1, 0.15) is 0 Å². The molecule has 0 bridgehead atoms. The molecule has 3 nitrogen and oxygen atoms in total. The molecular formula is C15H28N2O. The van der Waals surface area contributed by atoms with Crippen molar-refractivity contribution in [2.24, 2.45) is 11.8 Å². The van der Waals surface area contributed by atoms with Crippen LogP contribution in [0.4, 0.5) is 0 Å². The van der Waals surface area contributed by atoms with Crippen molar-refractivity contribution >= 4 is 5.91 Å². The first-order valence-electron chi connectivity index (χ1n) is 7.62. The Bertz CT molecular complexity index is 292. The first-order valence-corrected chi connectivity index (χ1v) is 7.62. The second-order valence-electron chi connectivity index (χ2n) is 6.52.